The number of nitrogens with zero attached hydrogens (tertiary/aromatic N) is 2. The van der Waals surface area contributed by atoms with E-state index in [1.165, 1.54) is 16.7 Å². The van der Waals surface area contributed by atoms with Gasteiger partial charge in [-0.05, 0) is 48.1 Å². The summed E-state index contributed by atoms with van der Waals surface area (Å²) >= 11 is 0. The zero-order valence-electron chi connectivity index (χ0n) is 16.5. The van der Waals surface area contributed by atoms with Crippen LogP contribution in [0.2, 0.25) is 0 Å². The van der Waals surface area contributed by atoms with Crippen molar-refractivity contribution in [2.75, 3.05) is 5.32 Å². The molecule has 3 aromatic rings. The number of amides is 1. The summed E-state index contributed by atoms with van der Waals surface area (Å²) in [5.74, 6) is 0.206. The number of benzene rings is 2. The molecule has 0 aliphatic heterocycles. The lowest BCUT2D eigenvalue weighted by Crippen LogP contribution is -2.14. The van der Waals surface area contributed by atoms with Crippen molar-refractivity contribution in [2.24, 2.45) is 0 Å². The average molecular weight is 363 g/mol. The molecular weight excluding hydrogens is 338 g/mol. The molecule has 1 amide bonds. The zero-order chi connectivity index (χ0) is 19.6. The quantitative estimate of drug-likeness (QED) is 0.721. The first-order valence-electron chi connectivity index (χ1n) is 9.03. The number of hydrogen-bond acceptors (Lipinski definition) is 4. The molecule has 0 aliphatic carbocycles. The Kier molecular flexibility index (Phi) is 5.13. The number of anilines is 1. The maximum Gasteiger partial charge on any atom is 0.322 e. The number of aromatic nitrogens is 2. The normalized spacial score (nSPS) is 11.4. The summed E-state index contributed by atoms with van der Waals surface area (Å²) in [5, 5.41) is 10.6. The van der Waals surface area contributed by atoms with Gasteiger partial charge < -0.3 is 4.42 Å². The van der Waals surface area contributed by atoms with Crippen LogP contribution in [0.4, 0.5) is 6.01 Å². The minimum Gasteiger partial charge on any atom is -0.407 e. The Morgan fingerprint density at radius 3 is 2.37 bits per heavy atom. The van der Waals surface area contributed by atoms with Crippen molar-refractivity contribution < 1.29 is 9.21 Å². The van der Waals surface area contributed by atoms with Crippen LogP contribution in [0.5, 0.6) is 0 Å². The van der Waals surface area contributed by atoms with E-state index < -0.39 is 0 Å². The van der Waals surface area contributed by atoms with Gasteiger partial charge in [0, 0.05) is 5.56 Å². The van der Waals surface area contributed by atoms with Crippen LogP contribution in [0.1, 0.15) is 59.3 Å². The SMILES string of the molecule is Cc1ccc(Cc2nnc(NC(=O)c3ccc(C(C)(C)C)cc3)o2)c(C)c1. The summed E-state index contributed by atoms with van der Waals surface area (Å²) in [5.41, 5.74) is 5.29. The van der Waals surface area contributed by atoms with Crippen LogP contribution in [-0.2, 0) is 11.8 Å². The number of carbonyl (C=O) groups excluding carboxylic acids is 1. The lowest BCUT2D eigenvalue weighted by molar-refractivity contribution is 0.102. The number of rotatable bonds is 4. The predicted molar refractivity (Wildman–Crippen MR) is 106 cm³/mol. The molecule has 0 unspecified atom stereocenters. The second kappa shape index (κ2) is 7.35. The molecule has 3 rings (SSSR count). The van der Waals surface area contributed by atoms with Crippen molar-refractivity contribution >= 4 is 11.9 Å². The predicted octanol–water partition coefficient (Wildman–Crippen LogP) is 4.83. The standard InChI is InChI=1S/C22H25N3O2/c1-14-6-7-17(15(2)12-14)13-19-24-25-21(27-19)23-20(26)16-8-10-18(11-9-16)22(3,4)5/h6-12H,13H2,1-5H3,(H,23,25,26). The Hall–Kier alpha value is -2.95. The van der Waals surface area contributed by atoms with E-state index in [2.05, 4.69) is 68.3 Å². The van der Waals surface area contributed by atoms with E-state index >= 15 is 0 Å². The highest BCUT2D eigenvalue weighted by Gasteiger charge is 2.16. The highest BCUT2D eigenvalue weighted by molar-refractivity contribution is 6.03. The number of aryl methyl sites for hydroxylation is 2. The summed E-state index contributed by atoms with van der Waals surface area (Å²) in [4.78, 5) is 12.4. The van der Waals surface area contributed by atoms with Crippen molar-refractivity contribution in [1.29, 1.82) is 0 Å². The second-order valence-electron chi connectivity index (χ2n) is 7.89. The first-order valence-corrected chi connectivity index (χ1v) is 9.03. The van der Waals surface area contributed by atoms with Gasteiger partial charge in [-0.3, -0.25) is 10.1 Å². The highest BCUT2D eigenvalue weighted by Crippen LogP contribution is 2.22. The van der Waals surface area contributed by atoms with Gasteiger partial charge in [0.1, 0.15) is 0 Å². The highest BCUT2D eigenvalue weighted by atomic mass is 16.4. The molecule has 0 aliphatic rings. The maximum atomic E-state index is 12.4. The minimum atomic E-state index is -0.267. The van der Waals surface area contributed by atoms with Crippen LogP contribution < -0.4 is 5.32 Å². The molecule has 5 nitrogen and oxygen atoms in total. The van der Waals surface area contributed by atoms with E-state index in [0.29, 0.717) is 17.9 Å². The molecule has 0 spiro atoms. The van der Waals surface area contributed by atoms with Crippen LogP contribution in [0, 0.1) is 13.8 Å². The van der Waals surface area contributed by atoms with Gasteiger partial charge in [0.05, 0.1) is 6.42 Å². The Bertz CT molecular complexity index is 950. The van der Waals surface area contributed by atoms with Gasteiger partial charge in [-0.15, -0.1) is 5.10 Å². The second-order valence-corrected chi connectivity index (χ2v) is 7.89. The van der Waals surface area contributed by atoms with Gasteiger partial charge in [0.2, 0.25) is 5.89 Å². The van der Waals surface area contributed by atoms with Crippen molar-refractivity contribution in [1.82, 2.24) is 10.2 Å². The molecule has 0 atom stereocenters. The fraction of sp³-hybridized carbons (Fsp3) is 0.318. The number of carbonyl (C=O) groups is 1. The third-order valence-electron chi connectivity index (χ3n) is 4.54. The van der Waals surface area contributed by atoms with Crippen LogP contribution in [0.15, 0.2) is 46.9 Å². The third kappa shape index (κ3) is 4.61. The van der Waals surface area contributed by atoms with Crippen molar-refractivity contribution in [3.8, 4) is 0 Å². The fourth-order valence-corrected chi connectivity index (χ4v) is 2.87. The molecular formula is C22H25N3O2. The van der Waals surface area contributed by atoms with E-state index in [1.807, 2.05) is 24.3 Å². The zero-order valence-corrected chi connectivity index (χ0v) is 16.5. The molecule has 5 heteroatoms. The average Bonchev–Trinajstić information content (AvgIpc) is 3.04. The number of hydrogen-bond donors (Lipinski definition) is 1. The molecule has 0 fully saturated rings. The largest absolute Gasteiger partial charge is 0.407 e. The molecule has 1 heterocycles. The summed E-state index contributed by atoms with van der Waals surface area (Å²) in [7, 11) is 0. The smallest absolute Gasteiger partial charge is 0.322 e. The van der Waals surface area contributed by atoms with E-state index in [9.17, 15) is 4.79 Å². The molecule has 0 saturated heterocycles. The Morgan fingerprint density at radius 1 is 1.04 bits per heavy atom. The summed E-state index contributed by atoms with van der Waals surface area (Å²) in [6.07, 6.45) is 0.537. The maximum absolute atomic E-state index is 12.4. The van der Waals surface area contributed by atoms with E-state index in [1.54, 1.807) is 0 Å². The Balaban J connectivity index is 1.67. The summed E-state index contributed by atoms with van der Waals surface area (Å²) < 4.78 is 5.59. The van der Waals surface area contributed by atoms with Crippen LogP contribution in [0.3, 0.4) is 0 Å². The van der Waals surface area contributed by atoms with Crippen LogP contribution >= 0.6 is 0 Å². The first kappa shape index (κ1) is 18.8. The third-order valence-corrected chi connectivity index (χ3v) is 4.54. The van der Waals surface area contributed by atoms with Gasteiger partial charge in [-0.2, -0.15) is 0 Å². The molecule has 27 heavy (non-hydrogen) atoms. The molecule has 0 bridgehead atoms. The minimum absolute atomic E-state index is 0.0461. The van der Waals surface area contributed by atoms with E-state index in [-0.39, 0.29) is 17.3 Å². The number of nitrogens with one attached hydrogen (secondary N) is 1. The van der Waals surface area contributed by atoms with Crippen molar-refractivity contribution in [2.45, 2.75) is 46.5 Å². The van der Waals surface area contributed by atoms with Crippen molar-refractivity contribution in [3.05, 3.63) is 76.2 Å². The molecule has 140 valence electrons. The Labute approximate surface area is 159 Å². The lowest BCUT2D eigenvalue weighted by atomic mass is 9.87. The Morgan fingerprint density at radius 2 is 1.74 bits per heavy atom. The van der Waals surface area contributed by atoms with E-state index in [4.69, 9.17) is 4.42 Å². The topological polar surface area (TPSA) is 68.0 Å². The van der Waals surface area contributed by atoms with Gasteiger partial charge >= 0.3 is 6.01 Å². The molecule has 2 aromatic carbocycles. The molecule has 1 N–H and O–H groups in total. The fourth-order valence-electron chi connectivity index (χ4n) is 2.87. The summed E-state index contributed by atoms with van der Waals surface area (Å²) in [6, 6.07) is 13.9. The van der Waals surface area contributed by atoms with Crippen LogP contribution in [-0.4, -0.2) is 16.1 Å². The van der Waals surface area contributed by atoms with Crippen LogP contribution in [0.25, 0.3) is 0 Å². The van der Waals surface area contributed by atoms with Gasteiger partial charge in [0.25, 0.3) is 5.91 Å². The van der Waals surface area contributed by atoms with Crippen molar-refractivity contribution in [3.63, 3.8) is 0 Å². The summed E-state index contributed by atoms with van der Waals surface area (Å²) in [6.45, 7) is 10.5. The molecule has 1 aromatic heterocycles. The van der Waals surface area contributed by atoms with Gasteiger partial charge in [0.15, 0.2) is 0 Å². The lowest BCUT2D eigenvalue weighted by Gasteiger charge is -2.18. The van der Waals surface area contributed by atoms with Gasteiger partial charge in [-0.1, -0.05) is 61.8 Å². The first-order chi connectivity index (χ1) is 12.7. The van der Waals surface area contributed by atoms with Gasteiger partial charge in [-0.25, -0.2) is 0 Å². The molecule has 0 radical (unpaired) electrons. The molecule has 0 saturated carbocycles. The monoisotopic (exact) mass is 363 g/mol. The van der Waals surface area contributed by atoms with E-state index in [0.717, 1.165) is 5.56 Å².